The lowest BCUT2D eigenvalue weighted by atomic mass is 9.91. The Morgan fingerprint density at radius 3 is 2.07 bits per heavy atom. The Morgan fingerprint density at radius 2 is 1.42 bits per heavy atom. The molecule has 4 amide bonds. The first-order chi connectivity index (χ1) is 33.0. The van der Waals surface area contributed by atoms with Gasteiger partial charge in [-0.05, 0) is 44.4 Å². The van der Waals surface area contributed by atoms with E-state index in [0.717, 1.165) is 30.6 Å². The molecule has 0 aliphatic carbocycles. The summed E-state index contributed by atoms with van der Waals surface area (Å²) in [7, 11) is 0. The van der Waals surface area contributed by atoms with Gasteiger partial charge in [-0.2, -0.15) is 5.10 Å². The highest BCUT2D eigenvalue weighted by Crippen LogP contribution is 2.39. The van der Waals surface area contributed by atoms with Gasteiger partial charge in [-0.15, -0.1) is 0 Å². The lowest BCUT2D eigenvalue weighted by Gasteiger charge is -2.37. The maximum Gasteiger partial charge on any atom is 0.277 e. The van der Waals surface area contributed by atoms with Crippen molar-refractivity contribution in [3.63, 3.8) is 0 Å². The molecule has 1 atom stereocenters. The molecule has 1 unspecified atom stereocenters. The average molecular weight is 987 g/mol. The van der Waals surface area contributed by atoms with Gasteiger partial charge in [-0.3, -0.25) is 48.5 Å². The molecule has 20 nitrogen and oxygen atoms in total. The number of nitrogens with one attached hydrogen (secondary N) is 4. The van der Waals surface area contributed by atoms with E-state index in [4.69, 9.17) is 23.1 Å². The third-order valence-corrected chi connectivity index (χ3v) is 13.4. The molecule has 2 aromatic heterocycles. The minimum Gasteiger partial charge on any atom is -0.384 e. The van der Waals surface area contributed by atoms with Gasteiger partial charge in [0.25, 0.3) is 11.5 Å². The largest absolute Gasteiger partial charge is 0.384 e. The first kappa shape index (κ1) is 51.8. The van der Waals surface area contributed by atoms with Crippen LogP contribution in [0.4, 0.5) is 23.0 Å². The van der Waals surface area contributed by atoms with Crippen molar-refractivity contribution in [3.8, 4) is 0 Å². The summed E-state index contributed by atoms with van der Waals surface area (Å²) in [6.07, 6.45) is 4.49. The van der Waals surface area contributed by atoms with Crippen LogP contribution in [-0.4, -0.2) is 98.2 Å². The van der Waals surface area contributed by atoms with Crippen molar-refractivity contribution in [1.29, 1.82) is 0 Å². The van der Waals surface area contributed by atoms with Crippen molar-refractivity contribution in [3.05, 3.63) is 64.2 Å². The third kappa shape index (κ3) is 15.0. The molecule has 8 N–H and O–H groups in total. The maximum atomic E-state index is 13.4. The molecule has 0 saturated carbocycles. The van der Waals surface area contributed by atoms with E-state index in [1.807, 2.05) is 6.92 Å². The zero-order valence-corrected chi connectivity index (χ0v) is 39.8. The highest BCUT2D eigenvalue weighted by atomic mass is 35.5. The molecule has 2 saturated heterocycles. The number of nitrogen functional groups attached to an aromatic ring is 1. The molecule has 2 aliphatic rings. The SMILES string of the molecule is CC1(N)CCN(c2cnc(Sc3cccc(NC(=O)CCC(=O)NCCC(=O)CCC(=O)CCC(=O)CCC(=O)CCNc4cccc5cnn(C6CCC(=O)NC6=O)c(=O)c45)c3Cl)c(N)n2)CC1. The zero-order valence-electron chi connectivity index (χ0n) is 38.3. The van der Waals surface area contributed by atoms with Crippen molar-refractivity contribution < 1.29 is 38.4 Å². The topological polar surface area (TPSA) is 301 Å². The van der Waals surface area contributed by atoms with Gasteiger partial charge in [0.05, 0.1) is 28.5 Å². The summed E-state index contributed by atoms with van der Waals surface area (Å²) in [4.78, 5) is 124. The lowest BCUT2D eigenvalue weighted by molar-refractivity contribution is -0.136. The van der Waals surface area contributed by atoms with E-state index < -0.39 is 35.2 Å². The monoisotopic (exact) mass is 985 g/mol. The summed E-state index contributed by atoms with van der Waals surface area (Å²) in [5, 5.41) is 16.3. The molecule has 2 aromatic carbocycles. The molecule has 4 aromatic rings. The number of fused-ring (bicyclic) bond motifs is 1. The number of Topliss-reactive ketones (excluding diaryl/α,β-unsaturated/α-hetero) is 4. The molecule has 4 heterocycles. The van der Waals surface area contributed by atoms with Gasteiger partial charge in [0.2, 0.25) is 17.7 Å². The first-order valence-electron chi connectivity index (χ1n) is 22.8. The second-order valence-electron chi connectivity index (χ2n) is 17.4. The fourth-order valence-corrected chi connectivity index (χ4v) is 8.78. The molecule has 0 bridgehead atoms. The number of hydrogen-bond donors (Lipinski definition) is 6. The van der Waals surface area contributed by atoms with Gasteiger partial charge >= 0.3 is 0 Å². The highest BCUT2D eigenvalue weighted by Gasteiger charge is 2.31. The van der Waals surface area contributed by atoms with Gasteiger partial charge < -0.3 is 32.3 Å². The molecule has 0 radical (unpaired) electrons. The predicted molar refractivity (Wildman–Crippen MR) is 260 cm³/mol. The maximum absolute atomic E-state index is 13.4. The van der Waals surface area contributed by atoms with Crippen molar-refractivity contribution in [1.82, 2.24) is 30.4 Å². The third-order valence-electron chi connectivity index (χ3n) is 11.8. The number of piperidine rings is 2. The molecule has 2 aliphatic heterocycles. The zero-order chi connectivity index (χ0) is 49.7. The molecular weight excluding hydrogens is 930 g/mol. The van der Waals surface area contributed by atoms with Crippen LogP contribution < -0.4 is 43.2 Å². The van der Waals surface area contributed by atoms with Gasteiger partial charge in [0.15, 0.2) is 5.82 Å². The normalized spacial score (nSPS) is 15.6. The smallest absolute Gasteiger partial charge is 0.277 e. The quantitative estimate of drug-likeness (QED) is 0.0536. The van der Waals surface area contributed by atoms with Gasteiger partial charge in [0.1, 0.15) is 40.0 Å². The van der Waals surface area contributed by atoms with E-state index in [1.54, 1.807) is 42.6 Å². The number of halogens is 1. The Labute approximate surface area is 406 Å². The van der Waals surface area contributed by atoms with Crippen molar-refractivity contribution >= 4 is 104 Å². The van der Waals surface area contributed by atoms with Gasteiger partial charge in [0, 0.05) is 118 Å². The van der Waals surface area contributed by atoms with E-state index in [-0.39, 0.29) is 135 Å². The van der Waals surface area contributed by atoms with Crippen LogP contribution in [0, 0.1) is 0 Å². The summed E-state index contributed by atoms with van der Waals surface area (Å²) in [6.45, 7) is 3.74. The van der Waals surface area contributed by atoms with Gasteiger partial charge in [-0.25, -0.2) is 14.6 Å². The number of carbonyl (C=O) groups is 8. The Hall–Kier alpha value is -6.58. The van der Waals surface area contributed by atoms with Crippen LogP contribution in [0.15, 0.2) is 63.5 Å². The molecule has 69 heavy (non-hydrogen) atoms. The van der Waals surface area contributed by atoms with Crippen molar-refractivity contribution in [2.24, 2.45) is 5.73 Å². The number of benzene rings is 2. The number of imide groups is 1. The summed E-state index contributed by atoms with van der Waals surface area (Å²) < 4.78 is 1.06. The number of hydrogen-bond acceptors (Lipinski definition) is 17. The molecule has 0 spiro atoms. The van der Waals surface area contributed by atoms with Crippen LogP contribution in [0.5, 0.6) is 0 Å². The average Bonchev–Trinajstić information content (AvgIpc) is 3.31. The number of anilines is 4. The van der Waals surface area contributed by atoms with Crippen LogP contribution in [0.3, 0.4) is 0 Å². The summed E-state index contributed by atoms with van der Waals surface area (Å²) in [5.74, 6) is -1.94. The molecule has 22 heteroatoms. The summed E-state index contributed by atoms with van der Waals surface area (Å²) >= 11 is 7.84. The van der Waals surface area contributed by atoms with Crippen LogP contribution in [0.25, 0.3) is 10.8 Å². The number of aromatic nitrogens is 4. The van der Waals surface area contributed by atoms with E-state index in [2.05, 4.69) is 41.2 Å². The number of rotatable bonds is 24. The van der Waals surface area contributed by atoms with Crippen LogP contribution in [0.1, 0.15) is 103 Å². The fraction of sp³-hybridized carbons (Fsp3) is 0.447. The van der Waals surface area contributed by atoms with E-state index >= 15 is 0 Å². The van der Waals surface area contributed by atoms with E-state index in [0.29, 0.717) is 32.5 Å². The Balaban J connectivity index is 0.815. The second kappa shape index (κ2) is 24.1. The Kier molecular flexibility index (Phi) is 18.1. The molecule has 2 fully saturated rings. The summed E-state index contributed by atoms with van der Waals surface area (Å²) in [6, 6.07) is 9.27. The number of nitrogens with zero attached hydrogens (tertiary/aromatic N) is 5. The standard InChI is InChI=1S/C47H56ClN11O9S/c1-47(50)20-24-58(25-21-47)37-27-53-45(43(49)56-37)69-36-7-3-6-34(42(36)48)55-39(65)17-16-38(64)52-23-19-32(63)13-11-30(61)9-8-29(60)10-12-31(62)18-22-51-33-5-2-4-28-26-54-59(46(68)41(28)33)35-14-15-40(66)57-44(35)67/h2-7,26-27,35,51H,8-25,50H2,1H3,(H2,49,56)(H,52,64)(H,55,65)(H,57,66,67). The second-order valence-corrected chi connectivity index (χ2v) is 18.8. The van der Waals surface area contributed by atoms with Crippen LogP contribution in [-0.2, 0) is 38.4 Å². The van der Waals surface area contributed by atoms with Crippen LogP contribution in [0.2, 0.25) is 5.02 Å². The Bertz CT molecular complexity index is 2690. The molecule has 366 valence electrons. The summed E-state index contributed by atoms with van der Waals surface area (Å²) in [5.41, 5.74) is 12.6. The minimum absolute atomic E-state index is 0.0110. The molecular formula is C47H56ClN11O9S. The van der Waals surface area contributed by atoms with Crippen molar-refractivity contribution in [2.75, 3.05) is 47.4 Å². The number of nitrogens with two attached hydrogens (primary N) is 2. The van der Waals surface area contributed by atoms with Crippen LogP contribution >= 0.6 is 23.4 Å². The van der Waals surface area contributed by atoms with E-state index in [9.17, 15) is 43.2 Å². The highest BCUT2D eigenvalue weighted by molar-refractivity contribution is 7.99. The number of amides is 4. The number of ketones is 4. The molecule has 6 rings (SSSR count). The minimum atomic E-state index is -0.925. The van der Waals surface area contributed by atoms with E-state index in [1.165, 1.54) is 18.0 Å². The lowest BCUT2D eigenvalue weighted by Crippen LogP contribution is -2.48. The Morgan fingerprint density at radius 1 is 0.812 bits per heavy atom. The number of carbonyl (C=O) groups excluding carboxylic acids is 8. The van der Waals surface area contributed by atoms with Gasteiger partial charge in [-0.1, -0.05) is 41.6 Å². The van der Waals surface area contributed by atoms with Crippen molar-refractivity contribution in [2.45, 2.75) is 118 Å². The predicted octanol–water partition coefficient (Wildman–Crippen LogP) is 4.21. The fourth-order valence-electron chi connectivity index (χ4n) is 7.69. The first-order valence-corrected chi connectivity index (χ1v) is 24.0.